The number of likely N-dealkylation sites (tertiary alicyclic amines) is 2. The molecule has 0 spiro atoms. The molecule has 3 fully saturated rings. The van der Waals surface area contributed by atoms with E-state index in [9.17, 15) is 4.79 Å². The summed E-state index contributed by atoms with van der Waals surface area (Å²) in [6, 6.07) is 0.722. The number of piperidine rings is 3. The van der Waals surface area contributed by atoms with Crippen LogP contribution in [0.25, 0.3) is 0 Å². The third kappa shape index (κ3) is 3.93. The van der Waals surface area contributed by atoms with Crippen molar-refractivity contribution in [1.82, 2.24) is 15.1 Å². The van der Waals surface area contributed by atoms with Crippen molar-refractivity contribution in [2.45, 2.75) is 43.4 Å². The van der Waals surface area contributed by atoms with Gasteiger partial charge in [-0.3, -0.25) is 4.79 Å². The highest BCUT2D eigenvalue weighted by Crippen LogP contribution is 2.30. The monoisotopic (exact) mass is 311 g/mol. The summed E-state index contributed by atoms with van der Waals surface area (Å²) in [4.78, 5) is 17.1. The van der Waals surface area contributed by atoms with Crippen molar-refractivity contribution < 1.29 is 4.79 Å². The normalized spacial score (nSPS) is 32.0. The Morgan fingerprint density at radius 3 is 2.81 bits per heavy atom. The van der Waals surface area contributed by atoms with Crippen LogP contribution < -0.4 is 5.32 Å². The lowest BCUT2D eigenvalue weighted by atomic mass is 9.84. The lowest BCUT2D eigenvalue weighted by Crippen LogP contribution is -2.54. The van der Waals surface area contributed by atoms with Gasteiger partial charge in [0, 0.05) is 24.4 Å². The van der Waals surface area contributed by atoms with Crippen molar-refractivity contribution in [3.8, 4) is 0 Å². The van der Waals surface area contributed by atoms with Gasteiger partial charge < -0.3 is 15.1 Å². The standard InChI is InChI=1S/C16H29N3OS/c1-18-9-2-3-13-11-19(10-6-15(13)18)16(20)12-21-14-4-7-17-8-5-14/h13-15,17H,2-12H2,1H3. The van der Waals surface area contributed by atoms with Gasteiger partial charge in [0.05, 0.1) is 5.75 Å². The summed E-state index contributed by atoms with van der Waals surface area (Å²) >= 11 is 1.89. The van der Waals surface area contributed by atoms with Crippen LogP contribution in [0.1, 0.15) is 32.1 Å². The van der Waals surface area contributed by atoms with Gasteiger partial charge in [-0.2, -0.15) is 0 Å². The molecule has 5 heteroatoms. The topological polar surface area (TPSA) is 35.6 Å². The van der Waals surface area contributed by atoms with E-state index in [2.05, 4.69) is 22.2 Å². The first-order valence-electron chi connectivity index (χ1n) is 8.54. The fourth-order valence-corrected chi connectivity index (χ4v) is 5.25. The van der Waals surface area contributed by atoms with Crippen LogP contribution in [0.15, 0.2) is 0 Å². The predicted molar refractivity (Wildman–Crippen MR) is 88.7 cm³/mol. The molecule has 2 unspecified atom stereocenters. The quantitative estimate of drug-likeness (QED) is 0.855. The van der Waals surface area contributed by atoms with E-state index in [-0.39, 0.29) is 0 Å². The molecule has 1 N–H and O–H groups in total. The van der Waals surface area contributed by atoms with Crippen LogP contribution in [0.5, 0.6) is 0 Å². The molecule has 0 aromatic rings. The van der Waals surface area contributed by atoms with Crippen LogP contribution in [-0.4, -0.2) is 72.5 Å². The maximum absolute atomic E-state index is 12.5. The third-order valence-corrected chi connectivity index (χ3v) is 6.78. The molecule has 120 valence electrons. The highest BCUT2D eigenvalue weighted by atomic mass is 32.2. The Kier molecular flexibility index (Phi) is 5.46. The summed E-state index contributed by atoms with van der Waals surface area (Å²) in [6.07, 6.45) is 6.20. The Bertz CT molecular complexity index is 359. The lowest BCUT2D eigenvalue weighted by molar-refractivity contribution is -0.131. The Labute approximate surface area is 133 Å². The van der Waals surface area contributed by atoms with Crippen LogP contribution >= 0.6 is 11.8 Å². The summed E-state index contributed by atoms with van der Waals surface area (Å²) in [7, 11) is 2.25. The summed E-state index contributed by atoms with van der Waals surface area (Å²) < 4.78 is 0. The van der Waals surface area contributed by atoms with Gasteiger partial charge >= 0.3 is 0 Å². The molecule has 0 aliphatic carbocycles. The Morgan fingerprint density at radius 2 is 2.00 bits per heavy atom. The van der Waals surface area contributed by atoms with E-state index in [4.69, 9.17) is 0 Å². The van der Waals surface area contributed by atoms with Crippen LogP contribution in [-0.2, 0) is 4.79 Å². The molecule has 3 aliphatic rings. The number of fused-ring (bicyclic) bond motifs is 1. The molecule has 3 saturated heterocycles. The van der Waals surface area contributed by atoms with Gasteiger partial charge in [0.2, 0.25) is 5.91 Å². The number of hydrogen-bond acceptors (Lipinski definition) is 4. The molecule has 0 aromatic heterocycles. The van der Waals surface area contributed by atoms with Crippen molar-refractivity contribution >= 4 is 17.7 Å². The maximum atomic E-state index is 12.5. The molecular formula is C16H29N3OS. The third-order valence-electron chi connectivity index (χ3n) is 5.43. The highest BCUT2D eigenvalue weighted by molar-refractivity contribution is 8.00. The molecule has 0 bridgehead atoms. The number of carbonyl (C=O) groups is 1. The summed E-state index contributed by atoms with van der Waals surface area (Å²) in [5, 5.41) is 4.08. The minimum absolute atomic E-state index is 0.380. The van der Waals surface area contributed by atoms with Crippen molar-refractivity contribution in [2.24, 2.45) is 5.92 Å². The van der Waals surface area contributed by atoms with Gasteiger partial charge in [0.25, 0.3) is 0 Å². The molecule has 3 aliphatic heterocycles. The first-order valence-corrected chi connectivity index (χ1v) is 9.59. The Morgan fingerprint density at radius 1 is 1.19 bits per heavy atom. The zero-order chi connectivity index (χ0) is 14.7. The van der Waals surface area contributed by atoms with Gasteiger partial charge in [-0.1, -0.05) is 0 Å². The van der Waals surface area contributed by atoms with Crippen LogP contribution in [0, 0.1) is 5.92 Å². The van der Waals surface area contributed by atoms with Crippen LogP contribution in [0.3, 0.4) is 0 Å². The number of rotatable bonds is 3. The molecule has 4 nitrogen and oxygen atoms in total. The van der Waals surface area contributed by atoms with E-state index in [1.54, 1.807) is 0 Å². The fourth-order valence-electron chi connectivity index (χ4n) is 4.12. The first kappa shape index (κ1) is 15.6. The van der Waals surface area contributed by atoms with Gasteiger partial charge in [-0.25, -0.2) is 0 Å². The Balaban J connectivity index is 1.45. The average Bonchev–Trinajstić information content (AvgIpc) is 2.53. The number of carbonyl (C=O) groups excluding carboxylic acids is 1. The average molecular weight is 311 g/mol. The van der Waals surface area contributed by atoms with Crippen molar-refractivity contribution in [1.29, 1.82) is 0 Å². The second-order valence-corrected chi connectivity index (χ2v) is 8.13. The van der Waals surface area contributed by atoms with E-state index in [1.165, 1.54) is 38.6 Å². The fraction of sp³-hybridized carbons (Fsp3) is 0.938. The number of hydrogen-bond donors (Lipinski definition) is 1. The van der Waals surface area contributed by atoms with E-state index in [0.29, 0.717) is 22.8 Å². The summed E-state index contributed by atoms with van der Waals surface area (Å²) in [5.41, 5.74) is 0. The minimum atomic E-state index is 0.380. The smallest absolute Gasteiger partial charge is 0.232 e. The highest BCUT2D eigenvalue weighted by Gasteiger charge is 2.35. The Hall–Kier alpha value is -0.260. The molecular weight excluding hydrogens is 282 g/mol. The zero-order valence-electron chi connectivity index (χ0n) is 13.2. The van der Waals surface area contributed by atoms with Crippen molar-refractivity contribution in [3.63, 3.8) is 0 Å². The van der Waals surface area contributed by atoms with Gasteiger partial charge in [-0.05, 0) is 64.7 Å². The molecule has 2 atom stereocenters. The second-order valence-electron chi connectivity index (χ2n) is 6.84. The van der Waals surface area contributed by atoms with Crippen molar-refractivity contribution in [3.05, 3.63) is 0 Å². The minimum Gasteiger partial charge on any atom is -0.342 e. The van der Waals surface area contributed by atoms with E-state index >= 15 is 0 Å². The SMILES string of the molecule is CN1CCCC2CN(C(=O)CSC3CCNCC3)CCC21. The van der Waals surface area contributed by atoms with Crippen LogP contribution in [0.2, 0.25) is 0 Å². The molecule has 0 saturated carbocycles. The second kappa shape index (κ2) is 7.34. The molecule has 3 heterocycles. The molecule has 3 rings (SSSR count). The number of nitrogens with zero attached hydrogens (tertiary/aromatic N) is 2. The summed E-state index contributed by atoms with van der Waals surface area (Å²) in [5.74, 6) is 1.79. The first-order chi connectivity index (χ1) is 10.2. The van der Waals surface area contributed by atoms with E-state index in [0.717, 1.165) is 32.2 Å². The van der Waals surface area contributed by atoms with Gasteiger partial charge in [0.15, 0.2) is 0 Å². The molecule has 1 amide bonds. The largest absolute Gasteiger partial charge is 0.342 e. The van der Waals surface area contributed by atoms with Crippen LogP contribution in [0.4, 0.5) is 0 Å². The molecule has 0 aromatic carbocycles. The molecule has 0 radical (unpaired) electrons. The maximum Gasteiger partial charge on any atom is 0.232 e. The van der Waals surface area contributed by atoms with E-state index < -0.39 is 0 Å². The lowest BCUT2D eigenvalue weighted by Gasteiger charge is -2.46. The van der Waals surface area contributed by atoms with Gasteiger partial charge in [-0.15, -0.1) is 11.8 Å². The van der Waals surface area contributed by atoms with E-state index in [1.807, 2.05) is 11.8 Å². The number of amides is 1. The van der Waals surface area contributed by atoms with Crippen molar-refractivity contribution in [2.75, 3.05) is 45.5 Å². The zero-order valence-corrected chi connectivity index (χ0v) is 14.0. The number of nitrogens with one attached hydrogen (secondary N) is 1. The predicted octanol–water partition coefficient (Wildman–Crippen LogP) is 1.41. The summed E-state index contributed by atoms with van der Waals surface area (Å²) in [6.45, 7) is 5.44. The number of thioether (sulfide) groups is 1. The molecule has 21 heavy (non-hydrogen) atoms. The van der Waals surface area contributed by atoms with Gasteiger partial charge in [0.1, 0.15) is 0 Å².